The maximum Gasteiger partial charge on any atom is 0.224 e. The number of carbonyl (C=O) groups excluding carboxylic acids is 1. The molecule has 0 unspecified atom stereocenters. The predicted octanol–water partition coefficient (Wildman–Crippen LogP) is 4.15. The molecule has 0 aliphatic carbocycles. The first-order chi connectivity index (χ1) is 9.04. The molecule has 0 atom stereocenters. The lowest BCUT2D eigenvalue weighted by Crippen LogP contribution is -2.11. The van der Waals surface area contributed by atoms with Gasteiger partial charge >= 0.3 is 0 Å². The molecule has 106 valence electrons. The molecular weight excluding hydrogens is 283 g/mol. The molecule has 1 aromatic rings. The molecule has 3 nitrogen and oxygen atoms in total. The Kier molecular flexibility index (Phi) is 7.21. The number of hydrogen-bond donors (Lipinski definition) is 2. The zero-order valence-corrected chi connectivity index (χ0v) is 12.7. The smallest absolute Gasteiger partial charge is 0.224 e. The summed E-state index contributed by atoms with van der Waals surface area (Å²) in [7, 11) is 0. The van der Waals surface area contributed by atoms with Gasteiger partial charge in [0.05, 0.1) is 10.7 Å². The van der Waals surface area contributed by atoms with Crippen LogP contribution in [0.4, 0.5) is 5.69 Å². The van der Waals surface area contributed by atoms with Gasteiger partial charge in [0.1, 0.15) is 0 Å². The van der Waals surface area contributed by atoms with Gasteiger partial charge in [-0.3, -0.25) is 4.79 Å². The monoisotopic (exact) mass is 302 g/mol. The van der Waals surface area contributed by atoms with Crippen molar-refractivity contribution in [2.45, 2.75) is 39.0 Å². The number of halogens is 2. The van der Waals surface area contributed by atoms with Gasteiger partial charge in [-0.05, 0) is 44.0 Å². The van der Waals surface area contributed by atoms with Gasteiger partial charge in [0.25, 0.3) is 0 Å². The van der Waals surface area contributed by atoms with E-state index in [9.17, 15) is 4.79 Å². The van der Waals surface area contributed by atoms with Gasteiger partial charge in [-0.2, -0.15) is 0 Å². The summed E-state index contributed by atoms with van der Waals surface area (Å²) in [6.07, 6.45) is 4.46. The van der Waals surface area contributed by atoms with Crippen LogP contribution in [0.3, 0.4) is 0 Å². The van der Waals surface area contributed by atoms with E-state index in [0.29, 0.717) is 28.7 Å². The first-order valence-corrected chi connectivity index (χ1v) is 7.25. The molecule has 0 aromatic heterocycles. The van der Waals surface area contributed by atoms with Gasteiger partial charge < -0.3 is 11.1 Å². The molecule has 0 saturated carbocycles. The number of benzene rings is 1. The van der Waals surface area contributed by atoms with Crippen LogP contribution in [0.15, 0.2) is 12.1 Å². The zero-order chi connectivity index (χ0) is 14.3. The molecule has 3 N–H and O–H groups in total. The number of nitrogens with one attached hydrogen (secondary N) is 1. The summed E-state index contributed by atoms with van der Waals surface area (Å²) in [4.78, 5) is 11.8. The normalized spacial score (nSPS) is 10.5. The fourth-order valence-corrected chi connectivity index (χ4v) is 2.17. The van der Waals surface area contributed by atoms with Crippen LogP contribution in [0.5, 0.6) is 0 Å². The summed E-state index contributed by atoms with van der Waals surface area (Å²) in [5.41, 5.74) is 6.88. The van der Waals surface area contributed by atoms with Crippen molar-refractivity contribution in [1.29, 1.82) is 0 Å². The van der Waals surface area contributed by atoms with E-state index in [1.807, 2.05) is 6.92 Å². The van der Waals surface area contributed by atoms with Crippen LogP contribution in [-0.2, 0) is 4.79 Å². The molecule has 0 spiro atoms. The third-order valence-electron chi connectivity index (χ3n) is 2.88. The quantitative estimate of drug-likeness (QED) is 0.743. The van der Waals surface area contributed by atoms with E-state index >= 15 is 0 Å². The minimum absolute atomic E-state index is 0.0328. The highest BCUT2D eigenvalue weighted by Crippen LogP contribution is 2.28. The zero-order valence-electron chi connectivity index (χ0n) is 11.1. The van der Waals surface area contributed by atoms with Gasteiger partial charge in [-0.25, -0.2) is 0 Å². The summed E-state index contributed by atoms with van der Waals surface area (Å²) < 4.78 is 0. The number of rotatable bonds is 7. The maximum absolute atomic E-state index is 11.8. The van der Waals surface area contributed by atoms with Crippen LogP contribution in [0.25, 0.3) is 0 Å². The minimum Gasteiger partial charge on any atom is -0.330 e. The molecule has 0 aliphatic heterocycles. The molecular formula is C14H20Cl2N2O. The Bertz CT molecular complexity index is 436. The molecule has 0 saturated heterocycles. The molecule has 0 bridgehead atoms. The molecule has 1 amide bonds. The van der Waals surface area contributed by atoms with Crippen LogP contribution in [0, 0.1) is 6.92 Å². The Morgan fingerprint density at radius 2 is 1.84 bits per heavy atom. The first-order valence-electron chi connectivity index (χ1n) is 6.50. The largest absolute Gasteiger partial charge is 0.330 e. The standard InChI is InChI=1S/C14H20Cl2N2O/c1-10-8-12(16)13(9-11(10)15)18-14(19)6-4-2-3-5-7-17/h8-9H,2-7,17H2,1H3,(H,18,19). The summed E-state index contributed by atoms with van der Waals surface area (Å²) in [6.45, 7) is 2.58. The predicted molar refractivity (Wildman–Crippen MR) is 82.0 cm³/mol. The Morgan fingerprint density at radius 1 is 1.16 bits per heavy atom. The van der Waals surface area contributed by atoms with E-state index in [1.54, 1.807) is 12.1 Å². The molecule has 19 heavy (non-hydrogen) atoms. The lowest BCUT2D eigenvalue weighted by molar-refractivity contribution is -0.116. The Hall–Kier alpha value is -0.770. The van der Waals surface area contributed by atoms with Crippen molar-refractivity contribution in [2.75, 3.05) is 11.9 Å². The SMILES string of the molecule is Cc1cc(Cl)c(NC(=O)CCCCCCN)cc1Cl. The van der Waals surface area contributed by atoms with Gasteiger partial charge in [0.15, 0.2) is 0 Å². The maximum atomic E-state index is 11.8. The fourth-order valence-electron chi connectivity index (χ4n) is 1.74. The van der Waals surface area contributed by atoms with Crippen molar-refractivity contribution in [2.24, 2.45) is 5.73 Å². The van der Waals surface area contributed by atoms with Crippen molar-refractivity contribution in [3.63, 3.8) is 0 Å². The van der Waals surface area contributed by atoms with Crippen molar-refractivity contribution < 1.29 is 4.79 Å². The number of unbranched alkanes of at least 4 members (excludes halogenated alkanes) is 3. The van der Waals surface area contributed by atoms with Crippen LogP contribution in [0.1, 0.15) is 37.7 Å². The summed E-state index contributed by atoms with van der Waals surface area (Å²) in [6, 6.07) is 3.44. The van der Waals surface area contributed by atoms with Crippen LogP contribution < -0.4 is 11.1 Å². The third-order valence-corrected chi connectivity index (χ3v) is 3.60. The number of anilines is 1. The summed E-state index contributed by atoms with van der Waals surface area (Å²) >= 11 is 12.1. The molecule has 0 radical (unpaired) electrons. The van der Waals surface area contributed by atoms with Gasteiger partial charge in [0.2, 0.25) is 5.91 Å². The van der Waals surface area contributed by atoms with Crippen molar-refractivity contribution in [1.82, 2.24) is 0 Å². The number of aryl methyl sites for hydroxylation is 1. The lowest BCUT2D eigenvalue weighted by Gasteiger charge is -2.09. The molecule has 5 heteroatoms. The second-order valence-corrected chi connectivity index (χ2v) is 5.40. The van der Waals surface area contributed by atoms with Crippen LogP contribution >= 0.6 is 23.2 Å². The average Bonchev–Trinajstić information content (AvgIpc) is 2.35. The number of carbonyl (C=O) groups is 1. The Morgan fingerprint density at radius 3 is 2.53 bits per heavy atom. The number of hydrogen-bond acceptors (Lipinski definition) is 2. The van der Waals surface area contributed by atoms with Crippen molar-refractivity contribution in [3.05, 3.63) is 27.7 Å². The van der Waals surface area contributed by atoms with Gasteiger partial charge in [0, 0.05) is 11.4 Å². The highest BCUT2D eigenvalue weighted by molar-refractivity contribution is 6.36. The average molecular weight is 303 g/mol. The molecule has 1 rings (SSSR count). The van der Waals surface area contributed by atoms with Crippen LogP contribution in [0.2, 0.25) is 10.0 Å². The Balaban J connectivity index is 2.42. The number of amides is 1. The summed E-state index contributed by atoms with van der Waals surface area (Å²) in [5, 5.41) is 3.90. The number of nitrogens with two attached hydrogens (primary N) is 1. The van der Waals surface area contributed by atoms with Gasteiger partial charge in [-0.1, -0.05) is 36.0 Å². The third kappa shape index (κ3) is 5.81. The van der Waals surface area contributed by atoms with E-state index in [4.69, 9.17) is 28.9 Å². The second-order valence-electron chi connectivity index (χ2n) is 4.58. The minimum atomic E-state index is -0.0328. The highest BCUT2D eigenvalue weighted by atomic mass is 35.5. The van der Waals surface area contributed by atoms with Gasteiger partial charge in [-0.15, -0.1) is 0 Å². The van der Waals surface area contributed by atoms with E-state index in [2.05, 4.69) is 5.32 Å². The molecule has 1 aromatic carbocycles. The molecule has 0 fully saturated rings. The van der Waals surface area contributed by atoms with E-state index in [1.165, 1.54) is 0 Å². The molecule has 0 aliphatic rings. The summed E-state index contributed by atoms with van der Waals surface area (Å²) in [5.74, 6) is -0.0328. The highest BCUT2D eigenvalue weighted by Gasteiger charge is 2.08. The Labute approximate surface area is 124 Å². The van der Waals surface area contributed by atoms with Crippen molar-refractivity contribution in [3.8, 4) is 0 Å². The van der Waals surface area contributed by atoms with E-state index in [0.717, 1.165) is 31.2 Å². The van der Waals surface area contributed by atoms with E-state index in [-0.39, 0.29) is 5.91 Å². The topological polar surface area (TPSA) is 55.1 Å². The van der Waals surface area contributed by atoms with Crippen molar-refractivity contribution >= 4 is 34.8 Å². The van der Waals surface area contributed by atoms with E-state index < -0.39 is 0 Å². The second kappa shape index (κ2) is 8.41. The lowest BCUT2D eigenvalue weighted by atomic mass is 10.1. The first kappa shape index (κ1) is 16.3. The fraction of sp³-hybridized carbons (Fsp3) is 0.500. The van der Waals surface area contributed by atoms with Crippen LogP contribution in [-0.4, -0.2) is 12.5 Å². The molecule has 0 heterocycles.